The molecule has 1 saturated heterocycles. The molecule has 1 aromatic carbocycles. The van der Waals surface area contributed by atoms with Gasteiger partial charge in [0, 0.05) is 12.6 Å². The van der Waals surface area contributed by atoms with E-state index in [1.54, 1.807) is 0 Å². The molecular weight excluding hydrogens is 340 g/mol. The van der Waals surface area contributed by atoms with E-state index in [-0.39, 0.29) is 0 Å². The number of carboxylic acid groups (broad SMARTS) is 2. The zero-order chi connectivity index (χ0) is 19.5. The van der Waals surface area contributed by atoms with E-state index in [0.29, 0.717) is 19.2 Å². The van der Waals surface area contributed by atoms with Gasteiger partial charge in [0.25, 0.3) is 0 Å². The first kappa shape index (κ1) is 21.9. The number of benzene rings is 1. The van der Waals surface area contributed by atoms with Crippen LogP contribution in [0, 0.1) is 0 Å². The Morgan fingerprint density at radius 2 is 1.73 bits per heavy atom. The minimum atomic E-state index is -1.82. The number of carbonyl (C=O) groups is 2. The number of nitrogens with zero attached hydrogens (tertiary/aromatic N) is 2. The first-order valence-corrected chi connectivity index (χ1v) is 8.50. The summed E-state index contributed by atoms with van der Waals surface area (Å²) in [6.07, 6.45) is 1.92. The van der Waals surface area contributed by atoms with Crippen LogP contribution in [0.2, 0.25) is 0 Å². The van der Waals surface area contributed by atoms with Gasteiger partial charge in [-0.25, -0.2) is 9.59 Å². The van der Waals surface area contributed by atoms with Crippen LogP contribution in [0.4, 0.5) is 0 Å². The van der Waals surface area contributed by atoms with Crippen molar-refractivity contribution in [2.24, 2.45) is 0 Å². The van der Waals surface area contributed by atoms with E-state index in [1.807, 2.05) is 30.3 Å². The van der Waals surface area contributed by atoms with Gasteiger partial charge in [0.2, 0.25) is 0 Å². The molecule has 0 aromatic heterocycles. The van der Waals surface area contributed by atoms with E-state index in [4.69, 9.17) is 24.5 Å². The first-order valence-electron chi connectivity index (χ1n) is 8.50. The number of rotatable bonds is 6. The number of hydrogen-bond acceptors (Lipinski definition) is 6. The van der Waals surface area contributed by atoms with Crippen LogP contribution in [0.1, 0.15) is 12.8 Å². The molecule has 0 spiro atoms. The molecule has 0 radical (unpaired) electrons. The number of likely N-dealkylation sites (tertiary alicyclic amines) is 1. The Bertz CT molecular complexity index is 534. The number of likely N-dealkylation sites (N-methyl/N-ethyl adjacent to an activating group) is 1. The van der Waals surface area contributed by atoms with Crippen molar-refractivity contribution in [2.75, 3.05) is 40.3 Å². The molecule has 8 heteroatoms. The molecule has 2 rings (SSSR count). The fourth-order valence-corrected chi connectivity index (χ4v) is 2.68. The number of aliphatic hydroxyl groups is 1. The standard InChI is InChI=1S/C16H26N2O2.C2H2O4/c1-17-10-8-14(9-11-17)18(2)12-15(19)13-20-16-6-4-3-5-7-16;3-1(4)2(5)6/h3-7,14-15,19H,8-13H2,1-2H3;(H,3,4)(H,5,6). The van der Waals surface area contributed by atoms with Crippen LogP contribution < -0.4 is 4.74 Å². The highest BCUT2D eigenvalue weighted by molar-refractivity contribution is 6.27. The lowest BCUT2D eigenvalue weighted by molar-refractivity contribution is -0.159. The van der Waals surface area contributed by atoms with E-state index in [1.165, 1.54) is 12.8 Å². The Balaban J connectivity index is 0.000000487. The minimum Gasteiger partial charge on any atom is -0.491 e. The molecule has 3 N–H and O–H groups in total. The molecule has 26 heavy (non-hydrogen) atoms. The van der Waals surface area contributed by atoms with Crippen molar-refractivity contribution in [3.63, 3.8) is 0 Å². The van der Waals surface area contributed by atoms with Crippen molar-refractivity contribution in [2.45, 2.75) is 25.0 Å². The maximum absolute atomic E-state index is 10.1. The van der Waals surface area contributed by atoms with Gasteiger partial charge in [0.15, 0.2) is 0 Å². The molecule has 1 atom stereocenters. The summed E-state index contributed by atoms with van der Waals surface area (Å²) >= 11 is 0. The van der Waals surface area contributed by atoms with Crippen LogP contribution in [-0.4, -0.2) is 89.5 Å². The van der Waals surface area contributed by atoms with Crippen molar-refractivity contribution in [1.29, 1.82) is 0 Å². The smallest absolute Gasteiger partial charge is 0.414 e. The fraction of sp³-hybridized carbons (Fsp3) is 0.556. The second kappa shape index (κ2) is 11.5. The molecule has 8 nitrogen and oxygen atoms in total. The molecule has 1 unspecified atom stereocenters. The highest BCUT2D eigenvalue weighted by atomic mass is 16.5. The van der Waals surface area contributed by atoms with Gasteiger partial charge in [-0.2, -0.15) is 0 Å². The van der Waals surface area contributed by atoms with E-state index in [2.05, 4.69) is 23.9 Å². The molecule has 0 amide bonds. The first-order chi connectivity index (χ1) is 12.3. The molecule has 0 saturated carbocycles. The van der Waals surface area contributed by atoms with Gasteiger partial charge >= 0.3 is 11.9 Å². The lowest BCUT2D eigenvalue weighted by Crippen LogP contribution is -2.45. The number of aliphatic hydroxyl groups excluding tert-OH is 1. The van der Waals surface area contributed by atoms with Gasteiger partial charge in [0.05, 0.1) is 0 Å². The third-order valence-corrected chi connectivity index (χ3v) is 4.18. The van der Waals surface area contributed by atoms with Gasteiger partial charge in [-0.15, -0.1) is 0 Å². The average molecular weight is 368 g/mol. The molecular formula is C18H28N2O6. The summed E-state index contributed by atoms with van der Waals surface area (Å²) in [5, 5.41) is 24.9. The zero-order valence-electron chi connectivity index (χ0n) is 15.2. The summed E-state index contributed by atoms with van der Waals surface area (Å²) in [6, 6.07) is 10.2. The molecule has 0 bridgehead atoms. The van der Waals surface area contributed by atoms with Crippen molar-refractivity contribution < 1.29 is 29.6 Å². The Kier molecular flexibility index (Phi) is 9.64. The van der Waals surface area contributed by atoms with Crippen LogP contribution in [0.25, 0.3) is 0 Å². The van der Waals surface area contributed by atoms with Crippen molar-refractivity contribution >= 4 is 11.9 Å². The molecule has 1 heterocycles. The number of ether oxygens (including phenoxy) is 1. The number of para-hydroxylation sites is 1. The summed E-state index contributed by atoms with van der Waals surface area (Å²) in [7, 11) is 4.26. The van der Waals surface area contributed by atoms with Gasteiger partial charge in [-0.1, -0.05) is 18.2 Å². The number of piperidine rings is 1. The van der Waals surface area contributed by atoms with Crippen LogP contribution >= 0.6 is 0 Å². The Hall–Kier alpha value is -2.16. The van der Waals surface area contributed by atoms with Gasteiger partial charge in [-0.3, -0.25) is 0 Å². The zero-order valence-corrected chi connectivity index (χ0v) is 15.2. The lowest BCUT2D eigenvalue weighted by atomic mass is 10.0. The number of aliphatic carboxylic acids is 2. The predicted molar refractivity (Wildman–Crippen MR) is 96.4 cm³/mol. The molecule has 1 aromatic rings. The summed E-state index contributed by atoms with van der Waals surface area (Å²) in [5.41, 5.74) is 0. The second-order valence-corrected chi connectivity index (χ2v) is 6.36. The fourth-order valence-electron chi connectivity index (χ4n) is 2.68. The topological polar surface area (TPSA) is 111 Å². The predicted octanol–water partition coefficient (Wildman–Crippen LogP) is 0.608. The van der Waals surface area contributed by atoms with E-state index < -0.39 is 18.0 Å². The van der Waals surface area contributed by atoms with Crippen LogP contribution in [0.5, 0.6) is 5.75 Å². The summed E-state index contributed by atoms with van der Waals surface area (Å²) in [5.74, 6) is -2.83. The maximum atomic E-state index is 10.1. The van der Waals surface area contributed by atoms with Crippen LogP contribution in [0.3, 0.4) is 0 Å². The van der Waals surface area contributed by atoms with E-state index >= 15 is 0 Å². The average Bonchev–Trinajstić information content (AvgIpc) is 2.62. The van der Waals surface area contributed by atoms with Crippen LogP contribution in [0.15, 0.2) is 30.3 Å². The van der Waals surface area contributed by atoms with Gasteiger partial charge < -0.3 is 29.9 Å². The molecule has 1 aliphatic rings. The maximum Gasteiger partial charge on any atom is 0.414 e. The second-order valence-electron chi connectivity index (χ2n) is 6.36. The minimum absolute atomic E-state index is 0.348. The molecule has 1 aliphatic heterocycles. The summed E-state index contributed by atoms with van der Waals surface area (Å²) in [6.45, 7) is 3.30. The van der Waals surface area contributed by atoms with Crippen LogP contribution in [-0.2, 0) is 9.59 Å². The number of hydrogen-bond donors (Lipinski definition) is 3. The van der Waals surface area contributed by atoms with Crippen molar-refractivity contribution in [1.82, 2.24) is 9.80 Å². The summed E-state index contributed by atoms with van der Waals surface area (Å²) in [4.78, 5) is 22.8. The Labute approximate surface area is 153 Å². The van der Waals surface area contributed by atoms with E-state index in [9.17, 15) is 5.11 Å². The molecule has 146 valence electrons. The Morgan fingerprint density at radius 1 is 1.19 bits per heavy atom. The number of carboxylic acids is 2. The quantitative estimate of drug-likeness (QED) is 0.627. The van der Waals surface area contributed by atoms with Crippen molar-refractivity contribution in [3.8, 4) is 5.75 Å². The van der Waals surface area contributed by atoms with E-state index in [0.717, 1.165) is 18.8 Å². The largest absolute Gasteiger partial charge is 0.491 e. The highest BCUT2D eigenvalue weighted by Gasteiger charge is 2.22. The third-order valence-electron chi connectivity index (χ3n) is 4.18. The molecule has 1 fully saturated rings. The Morgan fingerprint density at radius 3 is 2.23 bits per heavy atom. The normalized spacial score (nSPS) is 16.5. The SMILES string of the molecule is CN1CCC(N(C)CC(O)COc2ccccc2)CC1.O=C(O)C(=O)O. The monoisotopic (exact) mass is 368 g/mol. The lowest BCUT2D eigenvalue weighted by Gasteiger charge is -2.35. The van der Waals surface area contributed by atoms with Gasteiger partial charge in [0.1, 0.15) is 18.5 Å². The highest BCUT2D eigenvalue weighted by Crippen LogP contribution is 2.14. The van der Waals surface area contributed by atoms with Gasteiger partial charge in [-0.05, 0) is 52.2 Å². The third kappa shape index (κ3) is 8.80. The van der Waals surface area contributed by atoms with Crippen molar-refractivity contribution in [3.05, 3.63) is 30.3 Å². The molecule has 0 aliphatic carbocycles. The summed E-state index contributed by atoms with van der Waals surface area (Å²) < 4.78 is 5.59.